The van der Waals surface area contributed by atoms with Crippen molar-refractivity contribution in [3.8, 4) is 0 Å². The Morgan fingerprint density at radius 2 is 1.94 bits per heavy atom. The van der Waals surface area contributed by atoms with Crippen molar-refractivity contribution in [3.05, 3.63) is 48.8 Å². The summed E-state index contributed by atoms with van der Waals surface area (Å²) in [6, 6.07) is 9.78. The van der Waals surface area contributed by atoms with Crippen LogP contribution < -0.4 is 15.4 Å². The molecule has 5 rings (SSSR count). The summed E-state index contributed by atoms with van der Waals surface area (Å²) in [6.45, 7) is 0. The van der Waals surface area contributed by atoms with Gasteiger partial charge >= 0.3 is 0 Å². The molecule has 1 amide bonds. The largest absolute Gasteiger partial charge is 0.399 e. The van der Waals surface area contributed by atoms with Gasteiger partial charge in [0.25, 0.3) is 10.0 Å². The SMILES string of the molecule is Nc1cccc(S(=O)(=O)N(c2ccnc3[nH]ccc23)C2CCC3(CCC(=O)N3)CC2)c1. The summed E-state index contributed by atoms with van der Waals surface area (Å²) in [7, 11) is -3.87. The highest BCUT2D eigenvalue weighted by Crippen LogP contribution is 2.41. The van der Waals surface area contributed by atoms with Crippen LogP contribution >= 0.6 is 0 Å². The van der Waals surface area contributed by atoms with Crippen LogP contribution in [0.25, 0.3) is 11.0 Å². The first kappa shape index (κ1) is 19.9. The third-order valence-electron chi connectivity index (χ3n) is 6.57. The molecule has 162 valence electrons. The van der Waals surface area contributed by atoms with Gasteiger partial charge in [-0.2, -0.15) is 0 Å². The van der Waals surface area contributed by atoms with Gasteiger partial charge in [0.15, 0.2) is 0 Å². The van der Waals surface area contributed by atoms with E-state index in [0.717, 1.165) is 24.6 Å². The van der Waals surface area contributed by atoms with Crippen LogP contribution in [0.5, 0.6) is 0 Å². The van der Waals surface area contributed by atoms with E-state index in [9.17, 15) is 13.2 Å². The van der Waals surface area contributed by atoms with Crippen LogP contribution in [0, 0.1) is 0 Å². The molecule has 3 aromatic rings. The molecule has 1 aromatic carbocycles. The van der Waals surface area contributed by atoms with Crippen molar-refractivity contribution in [1.82, 2.24) is 15.3 Å². The van der Waals surface area contributed by atoms with E-state index in [1.165, 1.54) is 6.07 Å². The fraction of sp³-hybridized carbons (Fsp3) is 0.364. The lowest BCUT2D eigenvalue weighted by Gasteiger charge is -2.42. The average molecular weight is 440 g/mol. The molecule has 1 spiro atoms. The van der Waals surface area contributed by atoms with Crippen LogP contribution in [-0.2, 0) is 14.8 Å². The predicted molar refractivity (Wildman–Crippen MR) is 119 cm³/mol. The molecule has 1 saturated carbocycles. The van der Waals surface area contributed by atoms with Gasteiger partial charge in [-0.3, -0.25) is 9.10 Å². The predicted octanol–water partition coefficient (Wildman–Crippen LogP) is 2.93. The fourth-order valence-electron chi connectivity index (χ4n) is 4.99. The molecule has 2 fully saturated rings. The highest BCUT2D eigenvalue weighted by Gasteiger charge is 2.44. The second kappa shape index (κ2) is 7.26. The summed E-state index contributed by atoms with van der Waals surface area (Å²) in [5.74, 6) is 0.0888. The summed E-state index contributed by atoms with van der Waals surface area (Å²) in [5.41, 5.74) is 7.35. The van der Waals surface area contributed by atoms with Crippen molar-refractivity contribution in [1.29, 1.82) is 0 Å². The van der Waals surface area contributed by atoms with Gasteiger partial charge in [-0.25, -0.2) is 13.4 Å². The minimum Gasteiger partial charge on any atom is -0.399 e. The number of aromatic nitrogens is 2. The van der Waals surface area contributed by atoms with Crippen molar-refractivity contribution in [2.24, 2.45) is 0 Å². The number of benzene rings is 1. The molecule has 3 heterocycles. The minimum absolute atomic E-state index is 0.0888. The van der Waals surface area contributed by atoms with Gasteiger partial charge in [0.05, 0.1) is 10.6 Å². The normalized spacial score (nSPS) is 23.9. The molecule has 1 saturated heterocycles. The van der Waals surface area contributed by atoms with E-state index in [2.05, 4.69) is 15.3 Å². The number of pyridine rings is 1. The molecule has 0 atom stereocenters. The smallest absolute Gasteiger partial charge is 0.264 e. The molecule has 0 radical (unpaired) electrons. The number of rotatable bonds is 4. The van der Waals surface area contributed by atoms with E-state index >= 15 is 0 Å². The first-order valence-corrected chi connectivity index (χ1v) is 12.0. The number of hydrogen-bond acceptors (Lipinski definition) is 5. The molecule has 9 heteroatoms. The zero-order chi connectivity index (χ0) is 21.6. The number of fused-ring (bicyclic) bond motifs is 1. The third kappa shape index (κ3) is 3.42. The standard InChI is InChI=1S/C22H25N5O3S/c23-15-2-1-3-17(14-15)31(29,30)27(19-8-13-25-21-18(19)7-12-24-21)16-4-9-22(10-5-16)11-6-20(28)26-22/h1-3,7-8,12-14,16H,4-6,9-11,23H2,(H,24,25)(H,26,28). The number of aromatic amines is 1. The molecule has 2 aromatic heterocycles. The molecule has 2 aliphatic rings. The van der Waals surface area contributed by atoms with Crippen LogP contribution in [-0.4, -0.2) is 35.9 Å². The van der Waals surface area contributed by atoms with E-state index in [4.69, 9.17) is 5.73 Å². The van der Waals surface area contributed by atoms with Crippen LogP contribution in [0.1, 0.15) is 38.5 Å². The Morgan fingerprint density at radius 3 is 2.65 bits per heavy atom. The van der Waals surface area contributed by atoms with E-state index in [1.807, 2.05) is 6.07 Å². The summed E-state index contributed by atoms with van der Waals surface area (Å²) in [5, 5.41) is 3.89. The zero-order valence-electron chi connectivity index (χ0n) is 17.0. The van der Waals surface area contributed by atoms with E-state index in [0.29, 0.717) is 36.3 Å². The number of carbonyl (C=O) groups excluding carboxylic acids is 1. The van der Waals surface area contributed by atoms with Crippen molar-refractivity contribution in [3.63, 3.8) is 0 Å². The number of anilines is 2. The van der Waals surface area contributed by atoms with Gasteiger partial charge in [0, 0.05) is 41.5 Å². The maximum Gasteiger partial charge on any atom is 0.264 e. The number of nitrogens with two attached hydrogens (primary N) is 1. The van der Waals surface area contributed by atoms with E-state index in [1.54, 1.807) is 41.0 Å². The monoisotopic (exact) mass is 439 g/mol. The molecular formula is C22H25N5O3S. The Hall–Kier alpha value is -3.07. The molecule has 31 heavy (non-hydrogen) atoms. The number of nitrogens with one attached hydrogen (secondary N) is 2. The van der Waals surface area contributed by atoms with E-state index in [-0.39, 0.29) is 22.4 Å². The number of nitrogen functional groups attached to an aromatic ring is 1. The summed E-state index contributed by atoms with van der Waals surface area (Å²) < 4.78 is 29.3. The Morgan fingerprint density at radius 1 is 1.13 bits per heavy atom. The Bertz CT molecular complexity index is 1240. The number of amides is 1. The lowest BCUT2D eigenvalue weighted by molar-refractivity contribution is -0.120. The first-order chi connectivity index (χ1) is 14.9. The Balaban J connectivity index is 1.57. The number of carbonyl (C=O) groups is 1. The van der Waals surface area contributed by atoms with Gasteiger partial charge in [-0.15, -0.1) is 0 Å². The average Bonchev–Trinajstić information content (AvgIpc) is 3.37. The molecule has 4 N–H and O–H groups in total. The molecular weight excluding hydrogens is 414 g/mol. The van der Waals surface area contributed by atoms with Crippen molar-refractivity contribution in [2.45, 2.75) is 55.0 Å². The van der Waals surface area contributed by atoms with Gasteiger partial charge in [0.2, 0.25) is 5.91 Å². The zero-order valence-corrected chi connectivity index (χ0v) is 17.9. The summed E-state index contributed by atoms with van der Waals surface area (Å²) >= 11 is 0. The second-order valence-electron chi connectivity index (χ2n) is 8.50. The topological polar surface area (TPSA) is 121 Å². The van der Waals surface area contributed by atoms with Gasteiger partial charge in [-0.1, -0.05) is 6.07 Å². The quantitative estimate of drug-likeness (QED) is 0.540. The Kier molecular flexibility index (Phi) is 4.65. The van der Waals surface area contributed by atoms with Crippen molar-refractivity contribution < 1.29 is 13.2 Å². The lowest BCUT2D eigenvalue weighted by Crippen LogP contribution is -2.50. The summed E-state index contributed by atoms with van der Waals surface area (Å²) in [6.07, 6.45) is 7.59. The van der Waals surface area contributed by atoms with E-state index < -0.39 is 10.0 Å². The van der Waals surface area contributed by atoms with Crippen LogP contribution in [0.3, 0.4) is 0 Å². The highest BCUT2D eigenvalue weighted by molar-refractivity contribution is 7.92. The van der Waals surface area contributed by atoms with Gasteiger partial charge in [-0.05, 0) is 62.4 Å². The first-order valence-electron chi connectivity index (χ1n) is 10.5. The Labute approximate surface area is 180 Å². The maximum atomic E-state index is 13.9. The molecule has 1 aliphatic heterocycles. The second-order valence-corrected chi connectivity index (χ2v) is 10.3. The molecule has 0 unspecified atom stereocenters. The van der Waals surface area contributed by atoms with Crippen LogP contribution in [0.2, 0.25) is 0 Å². The maximum absolute atomic E-state index is 13.9. The minimum atomic E-state index is -3.87. The van der Waals surface area contributed by atoms with Gasteiger partial charge in [0.1, 0.15) is 5.65 Å². The highest BCUT2D eigenvalue weighted by atomic mass is 32.2. The van der Waals surface area contributed by atoms with Crippen LogP contribution in [0.4, 0.5) is 11.4 Å². The molecule has 8 nitrogen and oxygen atoms in total. The fourth-order valence-corrected chi connectivity index (χ4v) is 6.77. The summed E-state index contributed by atoms with van der Waals surface area (Å²) in [4.78, 5) is 19.4. The molecule has 1 aliphatic carbocycles. The number of H-pyrrole nitrogens is 1. The lowest BCUT2D eigenvalue weighted by atomic mass is 9.78. The van der Waals surface area contributed by atoms with Crippen LogP contribution in [0.15, 0.2) is 53.7 Å². The van der Waals surface area contributed by atoms with Crippen molar-refractivity contribution >= 4 is 38.3 Å². The number of sulfonamides is 1. The molecule has 0 bridgehead atoms. The van der Waals surface area contributed by atoms with Crippen molar-refractivity contribution in [2.75, 3.05) is 10.0 Å². The van der Waals surface area contributed by atoms with Gasteiger partial charge < -0.3 is 16.0 Å². The number of nitrogens with zero attached hydrogens (tertiary/aromatic N) is 2. The number of hydrogen-bond donors (Lipinski definition) is 3. The third-order valence-corrected chi connectivity index (χ3v) is 8.43.